The molecular weight excluding hydrogens is 300 g/mol. The van der Waals surface area contributed by atoms with Gasteiger partial charge in [-0.2, -0.15) is 0 Å². The number of fused-ring (bicyclic) bond motifs is 3. The summed E-state index contributed by atoms with van der Waals surface area (Å²) < 4.78 is 10.4. The van der Waals surface area contributed by atoms with Gasteiger partial charge in [0.1, 0.15) is 22.5 Å². The van der Waals surface area contributed by atoms with Crippen LogP contribution in [0.1, 0.15) is 18.1 Å². The zero-order chi connectivity index (χ0) is 16.7. The second kappa shape index (κ2) is 5.24. The summed E-state index contributed by atoms with van der Waals surface area (Å²) in [5, 5.41) is 10.9. The van der Waals surface area contributed by atoms with Crippen LogP contribution >= 0.6 is 0 Å². The van der Waals surface area contributed by atoms with E-state index in [-0.39, 0.29) is 16.7 Å². The number of aliphatic hydroxyl groups is 1. The highest BCUT2D eigenvalue weighted by Crippen LogP contribution is 2.27. The Kier molecular flexibility index (Phi) is 3.37. The third kappa shape index (κ3) is 2.55. The smallest absolute Gasteiger partial charge is 0.347 e. The maximum absolute atomic E-state index is 12.0. The van der Waals surface area contributed by atoms with Crippen molar-refractivity contribution in [3.63, 3.8) is 0 Å². The standard InChI is InChI=1S/C17H12O6/c1-8-5-15(20)23-16-10(8)3-4-14-12(16)7-11(17(21)22-14)13(19)6-9(2)18/h3-7,19H,1-2H3/b13-6-. The second-order valence-electron chi connectivity index (χ2n) is 5.19. The summed E-state index contributed by atoms with van der Waals surface area (Å²) in [6, 6.07) is 5.98. The normalized spacial score (nSPS) is 12.0. The van der Waals surface area contributed by atoms with E-state index in [9.17, 15) is 19.5 Å². The Labute approximate surface area is 129 Å². The Bertz CT molecular complexity index is 1100. The van der Waals surface area contributed by atoms with Gasteiger partial charge in [0.25, 0.3) is 0 Å². The van der Waals surface area contributed by atoms with Crippen molar-refractivity contribution in [2.75, 3.05) is 0 Å². The van der Waals surface area contributed by atoms with Gasteiger partial charge in [0.15, 0.2) is 5.78 Å². The minimum atomic E-state index is -0.790. The highest BCUT2D eigenvalue weighted by molar-refractivity contribution is 6.03. The lowest BCUT2D eigenvalue weighted by atomic mass is 10.1. The molecule has 6 nitrogen and oxygen atoms in total. The monoisotopic (exact) mass is 312 g/mol. The minimum Gasteiger partial charge on any atom is -0.507 e. The fourth-order valence-electron chi connectivity index (χ4n) is 2.42. The van der Waals surface area contributed by atoms with Crippen LogP contribution in [0.25, 0.3) is 27.7 Å². The molecule has 0 aliphatic rings. The molecule has 0 fully saturated rings. The van der Waals surface area contributed by atoms with Crippen LogP contribution in [0.5, 0.6) is 0 Å². The molecule has 2 heterocycles. The first-order valence-electron chi connectivity index (χ1n) is 6.80. The van der Waals surface area contributed by atoms with Gasteiger partial charge in [-0.05, 0) is 37.6 Å². The molecule has 2 aromatic heterocycles. The van der Waals surface area contributed by atoms with Crippen LogP contribution in [-0.2, 0) is 4.79 Å². The summed E-state index contributed by atoms with van der Waals surface area (Å²) in [5.41, 5.74) is -0.303. The summed E-state index contributed by atoms with van der Waals surface area (Å²) in [6.07, 6.45) is 0.921. The van der Waals surface area contributed by atoms with Gasteiger partial charge in [-0.25, -0.2) is 9.59 Å². The average Bonchev–Trinajstić information content (AvgIpc) is 2.45. The number of benzene rings is 1. The highest BCUT2D eigenvalue weighted by atomic mass is 16.4. The number of carbonyl (C=O) groups is 1. The van der Waals surface area contributed by atoms with Crippen LogP contribution in [0.15, 0.2) is 48.8 Å². The predicted molar refractivity (Wildman–Crippen MR) is 84.5 cm³/mol. The number of hydrogen-bond donors (Lipinski definition) is 1. The van der Waals surface area contributed by atoms with Gasteiger partial charge >= 0.3 is 11.3 Å². The summed E-state index contributed by atoms with van der Waals surface area (Å²) in [6.45, 7) is 3.01. The number of rotatable bonds is 2. The molecule has 0 radical (unpaired) electrons. The Morgan fingerprint density at radius 3 is 2.57 bits per heavy atom. The quantitative estimate of drug-likeness (QED) is 0.338. The van der Waals surface area contributed by atoms with Gasteiger partial charge in [-0.3, -0.25) is 4.79 Å². The van der Waals surface area contributed by atoms with Gasteiger partial charge in [-0.1, -0.05) is 0 Å². The lowest BCUT2D eigenvalue weighted by Gasteiger charge is -2.05. The number of ketones is 1. The maximum Gasteiger partial charge on any atom is 0.347 e. The fourth-order valence-corrected chi connectivity index (χ4v) is 2.42. The SMILES string of the molecule is CC(=O)/C=C(\O)c1cc2c(ccc3c(C)cc(=O)oc32)oc1=O. The van der Waals surface area contributed by atoms with Crippen molar-refractivity contribution in [3.8, 4) is 0 Å². The van der Waals surface area contributed by atoms with E-state index >= 15 is 0 Å². The third-order valence-electron chi connectivity index (χ3n) is 3.45. The summed E-state index contributed by atoms with van der Waals surface area (Å²) in [4.78, 5) is 34.6. The van der Waals surface area contributed by atoms with Crippen molar-refractivity contribution in [3.05, 3.63) is 62.3 Å². The van der Waals surface area contributed by atoms with Crippen LogP contribution in [0.2, 0.25) is 0 Å². The highest BCUT2D eigenvalue weighted by Gasteiger charge is 2.14. The van der Waals surface area contributed by atoms with E-state index < -0.39 is 22.8 Å². The van der Waals surface area contributed by atoms with Gasteiger partial charge in [0.2, 0.25) is 0 Å². The Hall–Kier alpha value is -3.15. The molecule has 0 atom stereocenters. The van der Waals surface area contributed by atoms with Crippen molar-refractivity contribution in [1.82, 2.24) is 0 Å². The Morgan fingerprint density at radius 1 is 1.13 bits per heavy atom. The average molecular weight is 312 g/mol. The molecule has 6 heteroatoms. The lowest BCUT2D eigenvalue weighted by Crippen LogP contribution is -2.07. The first kappa shape index (κ1) is 14.8. The van der Waals surface area contributed by atoms with Crippen molar-refractivity contribution in [1.29, 1.82) is 0 Å². The van der Waals surface area contributed by atoms with Crippen molar-refractivity contribution in [2.24, 2.45) is 0 Å². The molecule has 0 saturated carbocycles. The van der Waals surface area contributed by atoms with Crippen LogP contribution in [0, 0.1) is 6.92 Å². The van der Waals surface area contributed by atoms with E-state index in [0.717, 1.165) is 11.6 Å². The van der Waals surface area contributed by atoms with Crippen molar-refractivity contribution >= 4 is 33.5 Å². The molecule has 23 heavy (non-hydrogen) atoms. The lowest BCUT2D eigenvalue weighted by molar-refractivity contribution is -0.112. The van der Waals surface area contributed by atoms with Crippen LogP contribution in [-0.4, -0.2) is 10.9 Å². The van der Waals surface area contributed by atoms with Gasteiger partial charge in [-0.15, -0.1) is 0 Å². The Morgan fingerprint density at radius 2 is 1.87 bits per heavy atom. The van der Waals surface area contributed by atoms with Crippen LogP contribution in [0.4, 0.5) is 0 Å². The molecule has 0 aliphatic heterocycles. The van der Waals surface area contributed by atoms with E-state index in [1.165, 1.54) is 19.1 Å². The number of aliphatic hydroxyl groups excluding tert-OH is 1. The molecule has 0 amide bonds. The molecule has 0 spiro atoms. The summed E-state index contributed by atoms with van der Waals surface area (Å²) >= 11 is 0. The van der Waals surface area contributed by atoms with E-state index in [1.807, 2.05) is 0 Å². The number of allylic oxidation sites excluding steroid dienone is 1. The number of aryl methyl sites for hydroxylation is 1. The zero-order valence-electron chi connectivity index (χ0n) is 12.4. The second-order valence-corrected chi connectivity index (χ2v) is 5.19. The van der Waals surface area contributed by atoms with Crippen LogP contribution < -0.4 is 11.3 Å². The first-order chi connectivity index (χ1) is 10.9. The van der Waals surface area contributed by atoms with Crippen LogP contribution in [0.3, 0.4) is 0 Å². The van der Waals surface area contributed by atoms with E-state index in [0.29, 0.717) is 10.8 Å². The first-order valence-corrected chi connectivity index (χ1v) is 6.80. The molecule has 0 unspecified atom stereocenters. The fraction of sp³-hybridized carbons (Fsp3) is 0.118. The summed E-state index contributed by atoms with van der Waals surface area (Å²) in [7, 11) is 0. The zero-order valence-corrected chi connectivity index (χ0v) is 12.4. The molecule has 116 valence electrons. The van der Waals surface area contributed by atoms with Gasteiger partial charge in [0.05, 0.1) is 5.39 Å². The van der Waals surface area contributed by atoms with E-state index in [1.54, 1.807) is 19.1 Å². The van der Waals surface area contributed by atoms with Gasteiger partial charge in [0, 0.05) is 17.5 Å². The molecule has 0 bridgehead atoms. The topological polar surface area (TPSA) is 97.7 Å². The maximum atomic E-state index is 12.0. The number of carbonyl (C=O) groups excluding carboxylic acids is 1. The minimum absolute atomic E-state index is 0.177. The molecule has 0 aliphatic carbocycles. The van der Waals surface area contributed by atoms with Crippen molar-refractivity contribution in [2.45, 2.75) is 13.8 Å². The summed E-state index contributed by atoms with van der Waals surface area (Å²) in [5.74, 6) is -0.914. The molecule has 3 rings (SSSR count). The third-order valence-corrected chi connectivity index (χ3v) is 3.45. The Balaban J connectivity index is 2.45. The van der Waals surface area contributed by atoms with E-state index in [4.69, 9.17) is 8.83 Å². The predicted octanol–water partition coefficient (Wildman–Crippen LogP) is 2.70. The molecule has 0 saturated heterocycles. The largest absolute Gasteiger partial charge is 0.507 e. The molecule has 1 aromatic carbocycles. The van der Waals surface area contributed by atoms with Gasteiger partial charge < -0.3 is 13.9 Å². The number of hydrogen-bond acceptors (Lipinski definition) is 6. The van der Waals surface area contributed by atoms with Crippen molar-refractivity contribution < 1.29 is 18.7 Å². The molecule has 1 N–H and O–H groups in total. The van der Waals surface area contributed by atoms with E-state index in [2.05, 4.69) is 0 Å². The molecular formula is C17H12O6. The molecule has 3 aromatic rings.